The molecule has 3 heterocycles. The van der Waals surface area contributed by atoms with E-state index >= 15 is 0 Å². The number of nitrogens with two attached hydrogens (primary N) is 2. The first-order chi connectivity index (χ1) is 12.5. The van der Waals surface area contributed by atoms with E-state index in [0.717, 1.165) is 48.9 Å². The van der Waals surface area contributed by atoms with Crippen LogP contribution in [0.4, 0.5) is 11.8 Å². The van der Waals surface area contributed by atoms with Gasteiger partial charge in [0.1, 0.15) is 18.0 Å². The van der Waals surface area contributed by atoms with E-state index in [1.165, 1.54) is 0 Å². The second-order valence-corrected chi connectivity index (χ2v) is 6.66. The maximum atomic E-state index is 6.96. The molecule has 3 rings (SSSR count). The summed E-state index contributed by atoms with van der Waals surface area (Å²) >= 11 is 0. The summed E-state index contributed by atoms with van der Waals surface area (Å²) in [6.45, 7) is 6.31. The number of amidine groups is 1. The Morgan fingerprint density at radius 2 is 2.08 bits per heavy atom. The van der Waals surface area contributed by atoms with E-state index in [9.17, 15) is 0 Å². The van der Waals surface area contributed by atoms with E-state index in [0.29, 0.717) is 29.8 Å². The van der Waals surface area contributed by atoms with Crippen LogP contribution in [-0.4, -0.2) is 57.7 Å². The molecular weight excluding hydrogens is 330 g/mol. The molecule has 1 fully saturated rings. The van der Waals surface area contributed by atoms with Gasteiger partial charge in [-0.1, -0.05) is 0 Å². The zero-order valence-electron chi connectivity index (χ0n) is 15.2. The molecule has 0 unspecified atom stereocenters. The van der Waals surface area contributed by atoms with Gasteiger partial charge < -0.3 is 16.8 Å². The van der Waals surface area contributed by atoms with Crippen molar-refractivity contribution in [1.82, 2.24) is 19.9 Å². The largest absolute Gasteiger partial charge is 0.386 e. The molecule has 1 aliphatic rings. The Hall–Kier alpha value is -2.81. The summed E-state index contributed by atoms with van der Waals surface area (Å²) in [7, 11) is 0. The number of aliphatic imine (C=N–C) groups is 1. The first kappa shape index (κ1) is 18.0. The number of hydrogen-bond acceptors (Lipinski definition) is 7. The molecular formula is C17H25N9. The lowest BCUT2D eigenvalue weighted by Gasteiger charge is -2.32. The Morgan fingerprint density at radius 1 is 1.35 bits per heavy atom. The third kappa shape index (κ3) is 4.05. The Kier molecular flexibility index (Phi) is 5.27. The molecule has 9 nitrogen and oxygen atoms in total. The van der Waals surface area contributed by atoms with E-state index < -0.39 is 0 Å². The Labute approximate surface area is 152 Å². The van der Waals surface area contributed by atoms with Crippen LogP contribution in [0, 0.1) is 19.3 Å². The van der Waals surface area contributed by atoms with E-state index in [1.807, 2.05) is 19.9 Å². The SMILES string of the molecule is Cc1cc(C)c2c(N)nc(NC3CCN(CC(N)=NC=N)CC3)nc2n1. The van der Waals surface area contributed by atoms with Crippen molar-refractivity contribution in [3.8, 4) is 0 Å². The predicted molar refractivity (Wildman–Crippen MR) is 105 cm³/mol. The summed E-state index contributed by atoms with van der Waals surface area (Å²) in [5.41, 5.74) is 14.5. The van der Waals surface area contributed by atoms with E-state index in [2.05, 4.69) is 30.2 Å². The lowest BCUT2D eigenvalue weighted by molar-refractivity contribution is 0.246. The molecule has 0 bridgehead atoms. The summed E-state index contributed by atoms with van der Waals surface area (Å²) in [4.78, 5) is 19.5. The summed E-state index contributed by atoms with van der Waals surface area (Å²) in [5, 5.41) is 11.2. The van der Waals surface area contributed by atoms with E-state index in [-0.39, 0.29) is 6.04 Å². The van der Waals surface area contributed by atoms with Crippen LogP contribution < -0.4 is 16.8 Å². The van der Waals surface area contributed by atoms with Crippen molar-refractivity contribution in [2.75, 3.05) is 30.7 Å². The number of nitrogens with zero attached hydrogens (tertiary/aromatic N) is 5. The quantitative estimate of drug-likeness (QED) is 0.464. The molecule has 0 aliphatic carbocycles. The highest BCUT2D eigenvalue weighted by atomic mass is 15.2. The van der Waals surface area contributed by atoms with Crippen LogP contribution in [0.1, 0.15) is 24.1 Å². The molecule has 2 aromatic heterocycles. The highest BCUT2D eigenvalue weighted by Crippen LogP contribution is 2.23. The van der Waals surface area contributed by atoms with Crippen LogP contribution in [0.5, 0.6) is 0 Å². The maximum absolute atomic E-state index is 6.96. The van der Waals surface area contributed by atoms with Crippen molar-refractivity contribution >= 4 is 35.0 Å². The average Bonchev–Trinajstić information content (AvgIpc) is 2.55. The van der Waals surface area contributed by atoms with Gasteiger partial charge in [0.2, 0.25) is 5.95 Å². The summed E-state index contributed by atoms with van der Waals surface area (Å²) in [6, 6.07) is 2.26. The van der Waals surface area contributed by atoms with Gasteiger partial charge in [-0.15, -0.1) is 0 Å². The molecule has 0 radical (unpaired) electrons. The highest BCUT2D eigenvalue weighted by Gasteiger charge is 2.21. The van der Waals surface area contributed by atoms with Crippen molar-refractivity contribution in [1.29, 1.82) is 5.41 Å². The number of fused-ring (bicyclic) bond motifs is 1. The first-order valence-electron chi connectivity index (χ1n) is 8.67. The van der Waals surface area contributed by atoms with Crippen molar-refractivity contribution in [2.24, 2.45) is 10.7 Å². The van der Waals surface area contributed by atoms with Gasteiger partial charge >= 0.3 is 0 Å². The number of rotatable bonds is 5. The molecule has 0 atom stereocenters. The minimum absolute atomic E-state index is 0.273. The number of hydrogen-bond donors (Lipinski definition) is 4. The highest BCUT2D eigenvalue weighted by molar-refractivity contribution is 5.89. The Balaban J connectivity index is 1.67. The topological polar surface area (TPSA) is 142 Å². The molecule has 0 amide bonds. The van der Waals surface area contributed by atoms with E-state index in [4.69, 9.17) is 16.9 Å². The van der Waals surface area contributed by atoms with Gasteiger partial charge in [0.25, 0.3) is 0 Å². The third-order valence-electron chi connectivity index (χ3n) is 4.56. The zero-order valence-corrected chi connectivity index (χ0v) is 15.2. The fourth-order valence-electron chi connectivity index (χ4n) is 3.35. The van der Waals surface area contributed by atoms with Gasteiger partial charge in [-0.3, -0.25) is 10.3 Å². The summed E-state index contributed by atoms with van der Waals surface area (Å²) in [6.07, 6.45) is 2.86. The number of pyridine rings is 1. The molecule has 0 aromatic carbocycles. The van der Waals surface area contributed by atoms with Crippen LogP contribution >= 0.6 is 0 Å². The maximum Gasteiger partial charge on any atom is 0.226 e. The molecule has 9 heteroatoms. The minimum atomic E-state index is 0.273. The predicted octanol–water partition coefficient (Wildman–Crippen LogP) is 1.06. The van der Waals surface area contributed by atoms with Gasteiger partial charge in [0.15, 0.2) is 5.65 Å². The van der Waals surface area contributed by atoms with Crippen LogP contribution in [0.25, 0.3) is 11.0 Å². The van der Waals surface area contributed by atoms with Crippen LogP contribution in [0.2, 0.25) is 0 Å². The number of nitrogens with one attached hydrogen (secondary N) is 2. The van der Waals surface area contributed by atoms with Gasteiger partial charge in [0, 0.05) is 24.8 Å². The van der Waals surface area contributed by atoms with Crippen molar-refractivity contribution in [2.45, 2.75) is 32.7 Å². The number of aromatic nitrogens is 3. The standard InChI is InChI=1S/C17H25N9/c1-10-7-11(2)22-16-14(10)15(20)24-17(25-16)23-12-3-5-26(6-4-12)8-13(19)21-9-18/h7,9,12H,3-6,8H2,1-2H3,(H3,18,19,21)(H3,20,22,23,24,25). The number of aryl methyl sites for hydroxylation is 2. The summed E-state index contributed by atoms with van der Waals surface area (Å²) in [5.74, 6) is 1.44. The van der Waals surface area contributed by atoms with Crippen molar-refractivity contribution in [3.05, 3.63) is 17.3 Å². The molecule has 6 N–H and O–H groups in total. The lowest BCUT2D eigenvalue weighted by atomic mass is 10.1. The van der Waals surface area contributed by atoms with Gasteiger partial charge in [0.05, 0.1) is 11.9 Å². The second-order valence-electron chi connectivity index (χ2n) is 6.66. The Bertz CT molecular complexity index is 838. The van der Waals surface area contributed by atoms with E-state index in [1.54, 1.807) is 0 Å². The van der Waals surface area contributed by atoms with Crippen LogP contribution in [0.3, 0.4) is 0 Å². The van der Waals surface area contributed by atoms with Gasteiger partial charge in [-0.2, -0.15) is 9.97 Å². The van der Waals surface area contributed by atoms with Crippen molar-refractivity contribution in [3.63, 3.8) is 0 Å². The lowest BCUT2D eigenvalue weighted by Crippen LogP contribution is -2.43. The first-order valence-corrected chi connectivity index (χ1v) is 8.67. The molecule has 2 aromatic rings. The number of likely N-dealkylation sites (tertiary alicyclic amines) is 1. The van der Waals surface area contributed by atoms with Crippen LogP contribution in [-0.2, 0) is 0 Å². The fourth-order valence-corrected chi connectivity index (χ4v) is 3.35. The molecule has 1 aliphatic heterocycles. The normalized spacial score (nSPS) is 16.8. The Morgan fingerprint density at radius 3 is 2.77 bits per heavy atom. The molecule has 1 saturated heterocycles. The smallest absolute Gasteiger partial charge is 0.226 e. The summed E-state index contributed by atoms with van der Waals surface area (Å²) < 4.78 is 0. The average molecular weight is 355 g/mol. The fraction of sp³-hybridized carbons (Fsp3) is 0.471. The number of piperidine rings is 1. The van der Waals surface area contributed by atoms with Gasteiger partial charge in [-0.25, -0.2) is 9.98 Å². The minimum Gasteiger partial charge on any atom is -0.386 e. The third-order valence-corrected chi connectivity index (χ3v) is 4.56. The molecule has 0 spiro atoms. The van der Waals surface area contributed by atoms with Crippen molar-refractivity contribution < 1.29 is 0 Å². The molecule has 138 valence electrons. The second kappa shape index (κ2) is 7.61. The molecule has 26 heavy (non-hydrogen) atoms. The number of anilines is 2. The van der Waals surface area contributed by atoms with Gasteiger partial charge in [-0.05, 0) is 38.3 Å². The van der Waals surface area contributed by atoms with Crippen LogP contribution in [0.15, 0.2) is 11.1 Å². The monoisotopic (exact) mass is 355 g/mol. The number of nitrogen functional groups attached to an aromatic ring is 1. The zero-order chi connectivity index (χ0) is 18.7. The molecule has 0 saturated carbocycles.